The molecule has 0 aromatic heterocycles. The van der Waals surface area contributed by atoms with Gasteiger partial charge in [0.25, 0.3) is 0 Å². The summed E-state index contributed by atoms with van der Waals surface area (Å²) >= 11 is 1.96. The Hall–Kier alpha value is -1.51. The molecule has 5 rings (SSSR count). The number of anilines is 2. The molecule has 4 atom stereocenters. The molecule has 4 aliphatic rings. The molecule has 3 saturated heterocycles. The second-order valence-electron chi connectivity index (χ2n) is 8.58. The van der Waals surface area contributed by atoms with Crippen molar-refractivity contribution < 1.29 is 19.0 Å². The maximum Gasteiger partial charge on any atom is 0.238 e. The fourth-order valence-corrected chi connectivity index (χ4v) is 6.21. The molecule has 1 aromatic rings. The van der Waals surface area contributed by atoms with Crippen LogP contribution in [0.15, 0.2) is 18.2 Å². The van der Waals surface area contributed by atoms with E-state index < -0.39 is 6.41 Å². The average Bonchev–Trinajstić information content (AvgIpc) is 3.14. The zero-order chi connectivity index (χ0) is 20.0. The van der Waals surface area contributed by atoms with Crippen LogP contribution < -0.4 is 15.1 Å². The number of amides is 1. The fraction of sp³-hybridized carbons (Fsp3) is 0.667. The van der Waals surface area contributed by atoms with Gasteiger partial charge >= 0.3 is 0 Å². The van der Waals surface area contributed by atoms with Crippen molar-refractivity contribution in [2.45, 2.75) is 56.7 Å². The number of thioether (sulfide) groups is 1. The summed E-state index contributed by atoms with van der Waals surface area (Å²) in [6.45, 7) is 0.773. The smallest absolute Gasteiger partial charge is 0.238 e. The third-order valence-corrected chi connectivity index (χ3v) is 7.98. The molecule has 29 heavy (non-hydrogen) atoms. The molecule has 0 radical (unpaired) electrons. The van der Waals surface area contributed by atoms with E-state index in [2.05, 4.69) is 10.2 Å². The summed E-state index contributed by atoms with van der Waals surface area (Å²) in [5, 5.41) is 13.2. The van der Waals surface area contributed by atoms with E-state index in [-0.39, 0.29) is 23.7 Å². The van der Waals surface area contributed by atoms with Crippen molar-refractivity contribution in [3.05, 3.63) is 24.0 Å². The maximum absolute atomic E-state index is 15.0. The van der Waals surface area contributed by atoms with E-state index in [1.807, 2.05) is 23.9 Å². The fourth-order valence-electron chi connectivity index (χ4n) is 4.88. The first-order valence-corrected chi connectivity index (χ1v) is 11.8. The standard InChI is InChI=1S/C21H28FN3O3S/c22-18-8-14(6-7-19(18)25-15-4-5-16(25)12-29-11-15)24-10-17(28-21(24)27)9-23-20(26)13-2-1-3-13/h6-8,13,15-17,21,27H,1-5,9-12H2,(H,23,26)/t15?,16?,17-,21?/m0/s1. The van der Waals surface area contributed by atoms with E-state index in [1.165, 1.54) is 6.07 Å². The number of hydrogen-bond acceptors (Lipinski definition) is 6. The van der Waals surface area contributed by atoms with E-state index in [4.69, 9.17) is 4.74 Å². The van der Waals surface area contributed by atoms with Gasteiger partial charge < -0.3 is 25.0 Å². The Bertz CT molecular complexity index is 762. The van der Waals surface area contributed by atoms with Crippen LogP contribution in [0.25, 0.3) is 0 Å². The van der Waals surface area contributed by atoms with Gasteiger partial charge in [0.2, 0.25) is 12.3 Å². The Morgan fingerprint density at radius 2 is 2.00 bits per heavy atom. The summed E-state index contributed by atoms with van der Waals surface area (Å²) in [4.78, 5) is 15.9. The van der Waals surface area contributed by atoms with Crippen molar-refractivity contribution in [1.29, 1.82) is 0 Å². The summed E-state index contributed by atoms with van der Waals surface area (Å²) in [5.74, 6) is 2.07. The van der Waals surface area contributed by atoms with Crippen LogP contribution in [0.5, 0.6) is 0 Å². The second kappa shape index (κ2) is 7.96. The third kappa shape index (κ3) is 3.70. The molecular weight excluding hydrogens is 393 g/mol. The van der Waals surface area contributed by atoms with Gasteiger partial charge in [-0.05, 0) is 43.9 Å². The number of aliphatic hydroxyl groups is 1. The number of rotatable bonds is 5. The number of aliphatic hydroxyl groups excluding tert-OH is 1. The first-order valence-electron chi connectivity index (χ1n) is 10.6. The van der Waals surface area contributed by atoms with Gasteiger partial charge in [0, 0.05) is 41.7 Å². The molecule has 8 heteroatoms. The van der Waals surface area contributed by atoms with E-state index in [9.17, 15) is 9.90 Å². The van der Waals surface area contributed by atoms with Crippen molar-refractivity contribution in [2.24, 2.45) is 5.92 Å². The highest BCUT2D eigenvalue weighted by molar-refractivity contribution is 7.99. The molecule has 1 saturated carbocycles. The Morgan fingerprint density at radius 1 is 1.24 bits per heavy atom. The van der Waals surface area contributed by atoms with Crippen LogP contribution >= 0.6 is 11.8 Å². The zero-order valence-corrected chi connectivity index (χ0v) is 17.2. The number of carbonyl (C=O) groups is 1. The van der Waals surface area contributed by atoms with Crippen molar-refractivity contribution in [2.75, 3.05) is 34.4 Å². The molecule has 1 amide bonds. The van der Waals surface area contributed by atoms with Crippen molar-refractivity contribution in [3.63, 3.8) is 0 Å². The number of carbonyl (C=O) groups excluding carboxylic acids is 1. The third-order valence-electron chi connectivity index (χ3n) is 6.74. The molecule has 1 aromatic carbocycles. The summed E-state index contributed by atoms with van der Waals surface area (Å²) in [5.41, 5.74) is 1.27. The van der Waals surface area contributed by atoms with Gasteiger partial charge in [0.1, 0.15) is 5.82 Å². The summed E-state index contributed by atoms with van der Waals surface area (Å²) < 4.78 is 20.6. The maximum atomic E-state index is 15.0. The second-order valence-corrected chi connectivity index (χ2v) is 9.65. The molecule has 2 N–H and O–H groups in total. The predicted molar refractivity (Wildman–Crippen MR) is 112 cm³/mol. The van der Waals surface area contributed by atoms with Gasteiger partial charge in [0.05, 0.1) is 18.3 Å². The summed E-state index contributed by atoms with van der Waals surface area (Å²) in [6.07, 6.45) is 3.84. The molecule has 6 nitrogen and oxygen atoms in total. The molecule has 1 aliphatic carbocycles. The molecule has 3 heterocycles. The largest absolute Gasteiger partial charge is 0.362 e. The highest BCUT2D eigenvalue weighted by atomic mass is 32.2. The number of nitrogens with zero attached hydrogens (tertiary/aromatic N) is 2. The van der Waals surface area contributed by atoms with Gasteiger partial charge in [-0.25, -0.2) is 4.39 Å². The minimum Gasteiger partial charge on any atom is -0.362 e. The van der Waals surface area contributed by atoms with E-state index >= 15 is 4.39 Å². The van der Waals surface area contributed by atoms with Crippen LogP contribution in [0, 0.1) is 11.7 Å². The lowest BCUT2D eigenvalue weighted by molar-refractivity contribution is -0.129. The highest BCUT2D eigenvalue weighted by Crippen LogP contribution is 2.40. The van der Waals surface area contributed by atoms with E-state index in [0.29, 0.717) is 36.5 Å². The van der Waals surface area contributed by atoms with Crippen molar-refractivity contribution >= 4 is 29.0 Å². The summed E-state index contributed by atoms with van der Waals surface area (Å²) in [7, 11) is 0. The van der Waals surface area contributed by atoms with Gasteiger partial charge in [-0.3, -0.25) is 4.79 Å². The lowest BCUT2D eigenvalue weighted by Crippen LogP contribution is -2.43. The molecule has 158 valence electrons. The van der Waals surface area contributed by atoms with Gasteiger partial charge in [-0.15, -0.1) is 0 Å². The minimum absolute atomic E-state index is 0.0671. The summed E-state index contributed by atoms with van der Waals surface area (Å²) in [6, 6.07) is 6.04. The Balaban J connectivity index is 1.24. The van der Waals surface area contributed by atoms with Crippen molar-refractivity contribution in [3.8, 4) is 0 Å². The van der Waals surface area contributed by atoms with Crippen LogP contribution in [-0.2, 0) is 9.53 Å². The number of benzene rings is 1. The molecule has 0 spiro atoms. The van der Waals surface area contributed by atoms with E-state index in [1.54, 1.807) is 4.90 Å². The first-order chi connectivity index (χ1) is 14.1. The van der Waals surface area contributed by atoms with Gasteiger partial charge in [0.15, 0.2) is 0 Å². The number of nitrogens with one attached hydrogen (secondary N) is 1. The molecule has 4 fully saturated rings. The first kappa shape index (κ1) is 19.5. The minimum atomic E-state index is -1.13. The Morgan fingerprint density at radius 3 is 2.66 bits per heavy atom. The zero-order valence-electron chi connectivity index (χ0n) is 16.4. The normalized spacial score (nSPS) is 31.8. The van der Waals surface area contributed by atoms with Crippen LogP contribution in [0.2, 0.25) is 0 Å². The Labute approximate surface area is 174 Å². The van der Waals surface area contributed by atoms with Crippen molar-refractivity contribution in [1.82, 2.24) is 5.32 Å². The molecule has 2 bridgehead atoms. The van der Waals surface area contributed by atoms with Crippen LogP contribution in [0.1, 0.15) is 32.1 Å². The monoisotopic (exact) mass is 421 g/mol. The van der Waals surface area contributed by atoms with Gasteiger partial charge in [-0.1, -0.05) is 6.42 Å². The topological polar surface area (TPSA) is 65.0 Å². The average molecular weight is 422 g/mol. The number of ether oxygens (including phenoxy) is 1. The van der Waals surface area contributed by atoms with Gasteiger partial charge in [-0.2, -0.15) is 11.8 Å². The predicted octanol–water partition coefficient (Wildman–Crippen LogP) is 2.31. The highest BCUT2D eigenvalue weighted by Gasteiger charge is 2.39. The van der Waals surface area contributed by atoms with Crippen LogP contribution in [0.4, 0.5) is 15.8 Å². The van der Waals surface area contributed by atoms with E-state index in [0.717, 1.165) is 43.6 Å². The molecule has 3 aliphatic heterocycles. The van der Waals surface area contributed by atoms with Crippen LogP contribution in [-0.4, -0.2) is 60.2 Å². The Kier molecular flexibility index (Phi) is 5.34. The van der Waals surface area contributed by atoms with Crippen LogP contribution in [0.3, 0.4) is 0 Å². The SMILES string of the molecule is O=C(NC[C@H]1CN(c2ccc(N3C4CCC3CSC4)c(F)c2)C(O)O1)C1CCC1. The lowest BCUT2D eigenvalue weighted by Gasteiger charge is -2.36. The molecular formula is C21H28FN3O3S. The number of halogens is 1. The lowest BCUT2D eigenvalue weighted by atomic mass is 9.85. The quantitative estimate of drug-likeness (QED) is 0.761. The molecule has 3 unspecified atom stereocenters. The number of fused-ring (bicyclic) bond motifs is 2. The number of hydrogen-bond donors (Lipinski definition) is 2.